The first-order valence-corrected chi connectivity index (χ1v) is 8.20. The fraction of sp³-hybridized carbons (Fsp3) is 0.333. The molecular formula is C18H18N4O2. The molecule has 0 saturated carbocycles. The Balaban J connectivity index is 1.67. The van der Waals surface area contributed by atoms with Crippen LogP contribution in [0.3, 0.4) is 0 Å². The van der Waals surface area contributed by atoms with Crippen molar-refractivity contribution in [3.05, 3.63) is 74.5 Å². The molecule has 0 aliphatic carbocycles. The first-order valence-electron chi connectivity index (χ1n) is 8.20. The summed E-state index contributed by atoms with van der Waals surface area (Å²) in [6, 6.07) is 14.2. The van der Waals surface area contributed by atoms with Crippen LogP contribution in [0.2, 0.25) is 0 Å². The molecule has 1 unspecified atom stereocenters. The molecule has 0 saturated heterocycles. The maximum atomic E-state index is 11.5. The zero-order valence-corrected chi connectivity index (χ0v) is 13.3. The molecule has 0 spiro atoms. The molecule has 2 aromatic rings. The molecule has 2 aromatic carbocycles. The minimum absolute atomic E-state index is 0.0371. The minimum atomic E-state index is -0.0371. The van der Waals surface area contributed by atoms with Gasteiger partial charge in [-0.15, -0.1) is 9.81 Å². The Morgan fingerprint density at radius 2 is 1.79 bits per heavy atom. The monoisotopic (exact) mass is 322 g/mol. The Labute approximate surface area is 140 Å². The van der Waals surface area contributed by atoms with E-state index in [0.29, 0.717) is 13.1 Å². The summed E-state index contributed by atoms with van der Waals surface area (Å²) >= 11 is 0. The van der Waals surface area contributed by atoms with E-state index in [1.807, 2.05) is 30.3 Å². The number of hydrogen-bond acceptors (Lipinski definition) is 4. The van der Waals surface area contributed by atoms with Crippen LogP contribution in [0.15, 0.2) is 53.0 Å². The SMILES string of the molecule is O=NN1CCc2cc(C3CCc4ccccc4N3N=O)ccc2C1. The molecule has 24 heavy (non-hydrogen) atoms. The van der Waals surface area contributed by atoms with Crippen LogP contribution in [-0.2, 0) is 19.4 Å². The van der Waals surface area contributed by atoms with Gasteiger partial charge in [0.15, 0.2) is 0 Å². The normalized spacial score (nSPS) is 19.4. The van der Waals surface area contributed by atoms with Crippen LogP contribution < -0.4 is 5.01 Å². The van der Waals surface area contributed by atoms with Gasteiger partial charge in [-0.3, -0.25) is 5.01 Å². The molecule has 0 N–H and O–H groups in total. The summed E-state index contributed by atoms with van der Waals surface area (Å²) in [7, 11) is 0. The Hall–Kier alpha value is -2.76. The Morgan fingerprint density at radius 3 is 2.62 bits per heavy atom. The molecule has 6 nitrogen and oxygen atoms in total. The van der Waals surface area contributed by atoms with E-state index in [9.17, 15) is 9.81 Å². The molecule has 2 aliphatic heterocycles. The number of hydrogen-bond donors (Lipinski definition) is 0. The number of para-hydroxylation sites is 1. The largest absolute Gasteiger partial charge is 0.256 e. The number of aryl methyl sites for hydroxylation is 1. The molecule has 4 rings (SSSR count). The van der Waals surface area contributed by atoms with Gasteiger partial charge >= 0.3 is 0 Å². The van der Waals surface area contributed by atoms with Gasteiger partial charge in [-0.2, -0.15) is 0 Å². The van der Waals surface area contributed by atoms with Crippen LogP contribution >= 0.6 is 0 Å². The van der Waals surface area contributed by atoms with Gasteiger partial charge in [0.1, 0.15) is 0 Å². The van der Waals surface area contributed by atoms with Gasteiger partial charge in [0.05, 0.1) is 28.8 Å². The molecule has 122 valence electrons. The lowest BCUT2D eigenvalue weighted by Gasteiger charge is -2.33. The number of nitrogens with zero attached hydrogens (tertiary/aromatic N) is 4. The third-order valence-electron chi connectivity index (χ3n) is 5.03. The summed E-state index contributed by atoms with van der Waals surface area (Å²) in [5.74, 6) is 0. The second kappa shape index (κ2) is 6.03. The first kappa shape index (κ1) is 14.8. The molecule has 2 heterocycles. The van der Waals surface area contributed by atoms with E-state index in [1.54, 1.807) is 5.01 Å². The predicted octanol–water partition coefficient (Wildman–Crippen LogP) is 3.90. The van der Waals surface area contributed by atoms with Gasteiger partial charge < -0.3 is 0 Å². The standard InChI is InChI=1S/C18H18N4O2/c23-19-21-10-9-14-11-15(5-6-16(14)12-21)18-8-7-13-3-1-2-4-17(13)22(18)20-24/h1-6,11,18H,7-10,12H2. The summed E-state index contributed by atoms with van der Waals surface area (Å²) in [5.41, 5.74) is 5.54. The van der Waals surface area contributed by atoms with Crippen molar-refractivity contribution in [2.24, 2.45) is 10.6 Å². The Bertz CT molecular complexity index is 792. The molecule has 0 aromatic heterocycles. The highest BCUT2D eigenvalue weighted by atomic mass is 16.3. The highest BCUT2D eigenvalue weighted by Crippen LogP contribution is 2.39. The van der Waals surface area contributed by atoms with Crippen LogP contribution in [0.25, 0.3) is 0 Å². The van der Waals surface area contributed by atoms with Crippen molar-refractivity contribution in [1.82, 2.24) is 5.01 Å². The van der Waals surface area contributed by atoms with Crippen LogP contribution in [-0.4, -0.2) is 11.6 Å². The second-order valence-corrected chi connectivity index (χ2v) is 6.36. The topological polar surface area (TPSA) is 65.3 Å². The van der Waals surface area contributed by atoms with Gasteiger partial charge in [0.2, 0.25) is 0 Å². The summed E-state index contributed by atoms with van der Waals surface area (Å²) in [6.07, 6.45) is 2.60. The highest BCUT2D eigenvalue weighted by Gasteiger charge is 2.29. The van der Waals surface area contributed by atoms with Crippen LogP contribution in [0.5, 0.6) is 0 Å². The maximum absolute atomic E-state index is 11.5. The van der Waals surface area contributed by atoms with Crippen molar-refractivity contribution < 1.29 is 0 Å². The molecule has 0 radical (unpaired) electrons. The van der Waals surface area contributed by atoms with Crippen molar-refractivity contribution in [2.45, 2.75) is 31.8 Å². The first-order chi connectivity index (χ1) is 11.8. The molecule has 6 heteroatoms. The van der Waals surface area contributed by atoms with Crippen LogP contribution in [0, 0.1) is 9.81 Å². The molecule has 1 atom stereocenters. The molecule has 0 amide bonds. The Kier molecular flexibility index (Phi) is 3.72. The van der Waals surface area contributed by atoms with Crippen molar-refractivity contribution in [3.63, 3.8) is 0 Å². The lowest BCUT2D eigenvalue weighted by Crippen LogP contribution is -2.29. The summed E-state index contributed by atoms with van der Waals surface area (Å²) < 4.78 is 0. The minimum Gasteiger partial charge on any atom is -0.256 e. The second-order valence-electron chi connectivity index (χ2n) is 6.36. The predicted molar refractivity (Wildman–Crippen MR) is 92.1 cm³/mol. The lowest BCUT2D eigenvalue weighted by atomic mass is 9.89. The highest BCUT2D eigenvalue weighted by molar-refractivity contribution is 5.57. The third-order valence-corrected chi connectivity index (χ3v) is 5.03. The van der Waals surface area contributed by atoms with E-state index in [-0.39, 0.29) is 6.04 Å². The van der Waals surface area contributed by atoms with E-state index in [0.717, 1.165) is 36.1 Å². The van der Waals surface area contributed by atoms with Crippen molar-refractivity contribution in [2.75, 3.05) is 11.6 Å². The van der Waals surface area contributed by atoms with E-state index in [2.05, 4.69) is 22.7 Å². The van der Waals surface area contributed by atoms with Crippen molar-refractivity contribution in [3.8, 4) is 0 Å². The van der Waals surface area contributed by atoms with Crippen molar-refractivity contribution in [1.29, 1.82) is 0 Å². The fourth-order valence-electron chi connectivity index (χ4n) is 3.77. The average molecular weight is 322 g/mol. The maximum Gasteiger partial charge on any atom is 0.0811 e. The molecular weight excluding hydrogens is 304 g/mol. The number of nitroso groups, excluding NO2 is 2. The van der Waals surface area contributed by atoms with Gasteiger partial charge in [-0.1, -0.05) is 36.4 Å². The fourth-order valence-corrected chi connectivity index (χ4v) is 3.77. The number of benzene rings is 2. The van der Waals surface area contributed by atoms with E-state index in [4.69, 9.17) is 0 Å². The van der Waals surface area contributed by atoms with E-state index in [1.165, 1.54) is 16.1 Å². The van der Waals surface area contributed by atoms with E-state index < -0.39 is 0 Å². The average Bonchev–Trinajstić information content (AvgIpc) is 2.66. The summed E-state index contributed by atoms with van der Waals surface area (Å²) in [4.78, 5) is 22.2. The third kappa shape index (κ3) is 2.44. The smallest absolute Gasteiger partial charge is 0.0811 e. The molecule has 2 aliphatic rings. The Morgan fingerprint density at radius 1 is 0.917 bits per heavy atom. The number of fused-ring (bicyclic) bond motifs is 2. The van der Waals surface area contributed by atoms with Gasteiger partial charge in [0, 0.05) is 6.54 Å². The van der Waals surface area contributed by atoms with Gasteiger partial charge in [-0.05, 0) is 47.6 Å². The van der Waals surface area contributed by atoms with Gasteiger partial charge in [0.25, 0.3) is 0 Å². The van der Waals surface area contributed by atoms with Crippen molar-refractivity contribution >= 4 is 5.69 Å². The molecule has 0 fully saturated rings. The quantitative estimate of drug-likeness (QED) is 0.804. The molecule has 0 bridgehead atoms. The zero-order chi connectivity index (χ0) is 16.5. The van der Waals surface area contributed by atoms with Crippen LogP contribution in [0.4, 0.5) is 5.69 Å². The lowest BCUT2D eigenvalue weighted by molar-refractivity contribution is 0.263. The van der Waals surface area contributed by atoms with E-state index >= 15 is 0 Å². The number of anilines is 1. The number of rotatable bonds is 3. The van der Waals surface area contributed by atoms with Crippen LogP contribution in [0.1, 0.15) is 34.7 Å². The zero-order valence-electron chi connectivity index (χ0n) is 13.3. The summed E-state index contributed by atoms with van der Waals surface area (Å²) in [6.45, 7) is 1.20. The van der Waals surface area contributed by atoms with Gasteiger partial charge in [-0.25, -0.2) is 5.01 Å². The summed E-state index contributed by atoms with van der Waals surface area (Å²) in [5, 5.41) is 9.47.